The lowest BCUT2D eigenvalue weighted by atomic mass is 9.83. The Balaban J connectivity index is 2.47. The third-order valence-electron chi connectivity index (χ3n) is 3.51. The molecule has 1 fully saturated rings. The smallest absolute Gasteiger partial charge is 0.0668 e. The van der Waals surface area contributed by atoms with Crippen LogP contribution in [0.2, 0.25) is 0 Å². The van der Waals surface area contributed by atoms with E-state index in [4.69, 9.17) is 5.26 Å². The number of unbranched alkanes of at least 4 members (excludes halogenated alkanes) is 2. The average Bonchev–Trinajstić information content (AvgIpc) is 2.29. The Hall–Kier alpha value is -0.360. The summed E-state index contributed by atoms with van der Waals surface area (Å²) in [5.74, 6) is 1.48. The molecular weight excluding hydrogens is 218 g/mol. The quantitative estimate of drug-likeness (QED) is 0.693. The van der Waals surface area contributed by atoms with Crippen LogP contribution in [-0.2, 0) is 10.8 Å². The molecular formula is C13H23NOS. The number of nitriles is 1. The fraction of sp³-hybridized carbons (Fsp3) is 0.923. The van der Waals surface area contributed by atoms with E-state index in [1.807, 2.05) is 0 Å². The van der Waals surface area contributed by atoms with Crippen molar-refractivity contribution in [1.29, 1.82) is 5.26 Å². The summed E-state index contributed by atoms with van der Waals surface area (Å²) in [6.45, 7) is 4.37. The molecule has 0 aromatic rings. The van der Waals surface area contributed by atoms with Crippen molar-refractivity contribution in [2.75, 3.05) is 5.75 Å². The predicted octanol–water partition coefficient (Wildman–Crippen LogP) is 3.25. The summed E-state index contributed by atoms with van der Waals surface area (Å²) < 4.78 is 12.1. The number of rotatable bonds is 5. The molecule has 0 amide bonds. The van der Waals surface area contributed by atoms with Crippen LogP contribution in [0.5, 0.6) is 0 Å². The topological polar surface area (TPSA) is 40.9 Å². The SMILES string of the molecule is CCCCCS(=O)C1CC(C)CCC1C#N. The van der Waals surface area contributed by atoms with Gasteiger partial charge in [-0.2, -0.15) is 5.26 Å². The second-order valence-corrected chi connectivity index (χ2v) is 6.76. The highest BCUT2D eigenvalue weighted by molar-refractivity contribution is 7.85. The summed E-state index contributed by atoms with van der Waals surface area (Å²) in [6.07, 6.45) is 6.43. The van der Waals surface area contributed by atoms with Crippen molar-refractivity contribution in [3.05, 3.63) is 0 Å². The van der Waals surface area contributed by atoms with Gasteiger partial charge in [0.25, 0.3) is 0 Å². The van der Waals surface area contributed by atoms with E-state index >= 15 is 0 Å². The minimum absolute atomic E-state index is 0.0404. The van der Waals surface area contributed by atoms with Crippen LogP contribution >= 0.6 is 0 Å². The first kappa shape index (κ1) is 13.7. The second-order valence-electron chi connectivity index (χ2n) is 4.98. The van der Waals surface area contributed by atoms with E-state index in [1.54, 1.807) is 0 Å². The van der Waals surface area contributed by atoms with E-state index in [0.29, 0.717) is 5.92 Å². The Bertz CT molecular complexity index is 272. The molecule has 0 saturated heterocycles. The Morgan fingerprint density at radius 2 is 2.12 bits per heavy atom. The molecule has 3 heteroatoms. The highest BCUT2D eigenvalue weighted by Gasteiger charge is 2.32. The molecule has 0 aromatic heterocycles. The minimum atomic E-state index is -0.781. The Morgan fingerprint density at radius 1 is 1.38 bits per heavy atom. The molecule has 0 bridgehead atoms. The maximum atomic E-state index is 12.1. The molecule has 2 nitrogen and oxygen atoms in total. The molecule has 0 aliphatic heterocycles. The van der Waals surface area contributed by atoms with Crippen molar-refractivity contribution in [2.24, 2.45) is 11.8 Å². The standard InChI is InChI=1S/C13H23NOS/c1-3-4-5-8-16(15)13-9-11(2)6-7-12(13)10-14/h11-13H,3-9H2,1-2H3. The molecule has 4 atom stereocenters. The monoisotopic (exact) mass is 241 g/mol. The molecule has 16 heavy (non-hydrogen) atoms. The molecule has 0 aromatic carbocycles. The van der Waals surface area contributed by atoms with E-state index in [0.717, 1.165) is 37.9 Å². The Morgan fingerprint density at radius 3 is 2.75 bits per heavy atom. The van der Waals surface area contributed by atoms with Gasteiger partial charge in [-0.1, -0.05) is 26.7 Å². The highest BCUT2D eigenvalue weighted by atomic mass is 32.2. The summed E-state index contributed by atoms with van der Waals surface area (Å²) in [4.78, 5) is 0. The van der Waals surface area contributed by atoms with Crippen molar-refractivity contribution in [2.45, 2.75) is 57.6 Å². The molecule has 0 heterocycles. The van der Waals surface area contributed by atoms with Gasteiger partial charge in [0, 0.05) is 16.6 Å². The average molecular weight is 241 g/mol. The van der Waals surface area contributed by atoms with Gasteiger partial charge >= 0.3 is 0 Å². The lowest BCUT2D eigenvalue weighted by Gasteiger charge is -2.30. The van der Waals surface area contributed by atoms with Gasteiger partial charge in [-0.05, 0) is 31.6 Å². The van der Waals surface area contributed by atoms with Crippen molar-refractivity contribution < 1.29 is 4.21 Å². The van der Waals surface area contributed by atoms with Crippen molar-refractivity contribution >= 4 is 10.8 Å². The van der Waals surface area contributed by atoms with Gasteiger partial charge in [-0.3, -0.25) is 4.21 Å². The van der Waals surface area contributed by atoms with E-state index in [2.05, 4.69) is 19.9 Å². The zero-order valence-corrected chi connectivity index (χ0v) is 11.3. The summed E-state index contributed by atoms with van der Waals surface area (Å²) in [6, 6.07) is 2.35. The van der Waals surface area contributed by atoms with Crippen LogP contribution in [0.25, 0.3) is 0 Å². The Kier molecular flexibility index (Phi) is 6.05. The van der Waals surface area contributed by atoms with Crippen molar-refractivity contribution in [1.82, 2.24) is 0 Å². The summed E-state index contributed by atoms with van der Waals surface area (Å²) >= 11 is 0. The highest BCUT2D eigenvalue weighted by Crippen LogP contribution is 2.32. The van der Waals surface area contributed by atoms with Crippen LogP contribution in [0.1, 0.15) is 52.4 Å². The molecule has 1 saturated carbocycles. The molecule has 1 aliphatic carbocycles. The number of hydrogen-bond acceptors (Lipinski definition) is 2. The maximum absolute atomic E-state index is 12.1. The molecule has 0 N–H and O–H groups in total. The van der Waals surface area contributed by atoms with Crippen LogP contribution in [0, 0.1) is 23.2 Å². The van der Waals surface area contributed by atoms with Gasteiger partial charge in [0.15, 0.2) is 0 Å². The first-order valence-corrected chi connectivity index (χ1v) is 7.84. The summed E-state index contributed by atoms with van der Waals surface area (Å²) in [5, 5.41) is 9.23. The number of nitrogens with zero attached hydrogens (tertiary/aromatic N) is 1. The van der Waals surface area contributed by atoms with Crippen LogP contribution in [0.15, 0.2) is 0 Å². The zero-order valence-electron chi connectivity index (χ0n) is 10.4. The molecule has 0 spiro atoms. The predicted molar refractivity (Wildman–Crippen MR) is 68.4 cm³/mol. The van der Waals surface area contributed by atoms with Crippen LogP contribution < -0.4 is 0 Å². The van der Waals surface area contributed by atoms with E-state index in [-0.39, 0.29) is 11.2 Å². The van der Waals surface area contributed by atoms with E-state index < -0.39 is 10.8 Å². The van der Waals surface area contributed by atoms with E-state index in [1.165, 1.54) is 6.42 Å². The maximum Gasteiger partial charge on any atom is 0.0668 e. The summed E-state index contributed by atoms with van der Waals surface area (Å²) in [5.41, 5.74) is 0. The van der Waals surface area contributed by atoms with Crippen LogP contribution in [-0.4, -0.2) is 15.2 Å². The first-order chi connectivity index (χ1) is 7.69. The van der Waals surface area contributed by atoms with Gasteiger partial charge in [-0.25, -0.2) is 0 Å². The van der Waals surface area contributed by atoms with Crippen molar-refractivity contribution in [3.63, 3.8) is 0 Å². The molecule has 1 rings (SSSR count). The fourth-order valence-electron chi connectivity index (χ4n) is 2.41. The lowest BCUT2D eigenvalue weighted by molar-refractivity contribution is 0.341. The van der Waals surface area contributed by atoms with Crippen molar-refractivity contribution in [3.8, 4) is 6.07 Å². The first-order valence-electron chi connectivity index (χ1n) is 6.45. The third kappa shape index (κ3) is 3.90. The van der Waals surface area contributed by atoms with Gasteiger partial charge < -0.3 is 0 Å². The largest absolute Gasteiger partial charge is 0.259 e. The van der Waals surface area contributed by atoms with Crippen LogP contribution in [0.3, 0.4) is 0 Å². The van der Waals surface area contributed by atoms with Gasteiger partial charge in [-0.15, -0.1) is 0 Å². The normalized spacial score (nSPS) is 31.9. The van der Waals surface area contributed by atoms with Gasteiger partial charge in [0.05, 0.1) is 17.2 Å². The fourth-order valence-corrected chi connectivity index (χ4v) is 4.31. The minimum Gasteiger partial charge on any atom is -0.259 e. The zero-order chi connectivity index (χ0) is 12.0. The Labute approximate surface area is 102 Å². The molecule has 4 unspecified atom stereocenters. The lowest BCUT2D eigenvalue weighted by Crippen LogP contribution is -2.32. The number of hydrogen-bond donors (Lipinski definition) is 0. The summed E-state index contributed by atoms with van der Waals surface area (Å²) in [7, 11) is -0.781. The second kappa shape index (κ2) is 7.06. The van der Waals surface area contributed by atoms with Gasteiger partial charge in [0.1, 0.15) is 0 Å². The molecule has 1 aliphatic rings. The van der Waals surface area contributed by atoms with E-state index in [9.17, 15) is 4.21 Å². The third-order valence-corrected chi connectivity index (χ3v) is 5.39. The molecule has 92 valence electrons. The van der Waals surface area contributed by atoms with Gasteiger partial charge in [0.2, 0.25) is 0 Å². The molecule has 0 radical (unpaired) electrons. The van der Waals surface area contributed by atoms with Crippen LogP contribution in [0.4, 0.5) is 0 Å².